The molecule has 2 rings (SSSR count). The molecule has 2 heterocycles. The summed E-state index contributed by atoms with van der Waals surface area (Å²) in [7, 11) is 0. The summed E-state index contributed by atoms with van der Waals surface area (Å²) in [6.45, 7) is 4.01. The molecule has 4 N–H and O–H groups in total. The van der Waals surface area contributed by atoms with Crippen molar-refractivity contribution in [2.45, 2.75) is 25.8 Å². The van der Waals surface area contributed by atoms with Crippen LogP contribution in [-0.2, 0) is 6.42 Å². The van der Waals surface area contributed by atoms with E-state index in [4.69, 9.17) is 11.5 Å². The zero-order valence-corrected chi connectivity index (χ0v) is 9.11. The van der Waals surface area contributed by atoms with Crippen LogP contribution in [0.15, 0.2) is 12.3 Å². The molecule has 0 radical (unpaired) electrons. The van der Waals surface area contributed by atoms with Gasteiger partial charge < -0.3 is 16.4 Å². The Morgan fingerprint density at radius 2 is 2.40 bits per heavy atom. The fourth-order valence-electron chi connectivity index (χ4n) is 1.97. The lowest BCUT2D eigenvalue weighted by atomic mass is 10.2. The van der Waals surface area contributed by atoms with Crippen LogP contribution < -0.4 is 16.4 Å². The third-order valence-electron chi connectivity index (χ3n) is 2.94. The lowest BCUT2D eigenvalue weighted by molar-refractivity contribution is 0.751. The summed E-state index contributed by atoms with van der Waals surface area (Å²) in [5, 5.41) is 0. The highest BCUT2D eigenvalue weighted by Gasteiger charge is 2.20. The Hall–Kier alpha value is -1.29. The number of nitrogens with zero attached hydrogens (tertiary/aromatic N) is 2. The monoisotopic (exact) mass is 206 g/mol. The molecule has 0 aromatic carbocycles. The fourth-order valence-corrected chi connectivity index (χ4v) is 1.97. The number of anilines is 2. The van der Waals surface area contributed by atoms with Crippen LogP contribution >= 0.6 is 0 Å². The summed E-state index contributed by atoms with van der Waals surface area (Å²) in [6.07, 6.45) is 3.74. The molecule has 4 nitrogen and oxygen atoms in total. The zero-order valence-electron chi connectivity index (χ0n) is 9.11. The molecular weight excluding hydrogens is 188 g/mol. The first-order chi connectivity index (χ1) is 7.20. The van der Waals surface area contributed by atoms with Gasteiger partial charge in [0, 0.05) is 19.1 Å². The van der Waals surface area contributed by atoms with Crippen molar-refractivity contribution in [2.24, 2.45) is 5.73 Å². The smallest absolute Gasteiger partial charge is 0.128 e. The molecule has 1 aromatic heterocycles. The first kappa shape index (κ1) is 10.2. The van der Waals surface area contributed by atoms with E-state index in [9.17, 15) is 0 Å². The van der Waals surface area contributed by atoms with Gasteiger partial charge in [0.1, 0.15) is 5.82 Å². The summed E-state index contributed by atoms with van der Waals surface area (Å²) in [5.74, 6) is 1.01. The van der Waals surface area contributed by atoms with E-state index in [2.05, 4.69) is 22.9 Å². The van der Waals surface area contributed by atoms with E-state index in [-0.39, 0.29) is 6.04 Å². The summed E-state index contributed by atoms with van der Waals surface area (Å²) in [6, 6.07) is 2.36. The normalized spacial score (nSPS) is 20.9. The Bertz CT molecular complexity index is 350. The number of aromatic nitrogens is 1. The maximum atomic E-state index is 5.87. The van der Waals surface area contributed by atoms with Crippen molar-refractivity contribution in [1.82, 2.24) is 4.98 Å². The molecule has 15 heavy (non-hydrogen) atoms. The molecule has 1 unspecified atom stereocenters. The molecule has 1 aromatic rings. The molecular formula is C11H18N4. The van der Waals surface area contributed by atoms with E-state index >= 15 is 0 Å². The molecule has 1 saturated heterocycles. The van der Waals surface area contributed by atoms with E-state index in [0.29, 0.717) is 0 Å². The van der Waals surface area contributed by atoms with Gasteiger partial charge in [-0.2, -0.15) is 0 Å². The van der Waals surface area contributed by atoms with Gasteiger partial charge in [-0.05, 0) is 24.5 Å². The maximum absolute atomic E-state index is 5.87. The number of rotatable bonds is 2. The summed E-state index contributed by atoms with van der Waals surface area (Å²) in [4.78, 5) is 6.57. The van der Waals surface area contributed by atoms with E-state index in [1.807, 2.05) is 0 Å². The van der Waals surface area contributed by atoms with Gasteiger partial charge in [0.25, 0.3) is 0 Å². The first-order valence-corrected chi connectivity index (χ1v) is 5.45. The van der Waals surface area contributed by atoms with Crippen LogP contribution in [-0.4, -0.2) is 24.1 Å². The molecule has 82 valence electrons. The predicted molar refractivity (Wildman–Crippen MR) is 62.8 cm³/mol. The summed E-state index contributed by atoms with van der Waals surface area (Å²) >= 11 is 0. The molecule has 0 amide bonds. The van der Waals surface area contributed by atoms with Crippen molar-refractivity contribution >= 4 is 11.5 Å². The molecule has 0 aliphatic carbocycles. The van der Waals surface area contributed by atoms with Crippen LogP contribution in [0.3, 0.4) is 0 Å². The topological polar surface area (TPSA) is 68.2 Å². The van der Waals surface area contributed by atoms with Crippen LogP contribution in [0.2, 0.25) is 0 Å². The molecule has 1 aliphatic rings. The summed E-state index contributed by atoms with van der Waals surface area (Å²) < 4.78 is 0. The van der Waals surface area contributed by atoms with Gasteiger partial charge in [0.05, 0.1) is 11.9 Å². The van der Waals surface area contributed by atoms with Crippen LogP contribution in [0.1, 0.15) is 18.9 Å². The van der Waals surface area contributed by atoms with Gasteiger partial charge in [0.2, 0.25) is 0 Å². The summed E-state index contributed by atoms with van der Waals surface area (Å²) in [5.41, 5.74) is 13.6. The van der Waals surface area contributed by atoms with Gasteiger partial charge in [0.15, 0.2) is 0 Å². The highest BCUT2D eigenvalue weighted by atomic mass is 15.2. The minimum atomic E-state index is 0.287. The quantitative estimate of drug-likeness (QED) is 0.749. The third kappa shape index (κ3) is 2.04. The Balaban J connectivity index is 2.21. The van der Waals surface area contributed by atoms with Crippen molar-refractivity contribution in [3.63, 3.8) is 0 Å². The largest absolute Gasteiger partial charge is 0.397 e. The Labute approximate surface area is 90.3 Å². The number of aryl methyl sites for hydroxylation is 1. The van der Waals surface area contributed by atoms with E-state index in [1.165, 1.54) is 5.56 Å². The van der Waals surface area contributed by atoms with Crippen LogP contribution in [0.5, 0.6) is 0 Å². The lowest BCUT2D eigenvalue weighted by Crippen LogP contribution is -2.27. The molecule has 0 bridgehead atoms. The third-order valence-corrected chi connectivity index (χ3v) is 2.94. The van der Waals surface area contributed by atoms with E-state index < -0.39 is 0 Å². The molecule has 1 fully saturated rings. The highest BCUT2D eigenvalue weighted by molar-refractivity contribution is 5.53. The van der Waals surface area contributed by atoms with Crippen LogP contribution in [0, 0.1) is 0 Å². The molecule has 0 spiro atoms. The minimum Gasteiger partial charge on any atom is -0.397 e. The second kappa shape index (κ2) is 4.06. The van der Waals surface area contributed by atoms with Gasteiger partial charge in [-0.15, -0.1) is 0 Å². The van der Waals surface area contributed by atoms with Crippen LogP contribution in [0.4, 0.5) is 11.5 Å². The van der Waals surface area contributed by atoms with Crippen molar-refractivity contribution in [1.29, 1.82) is 0 Å². The van der Waals surface area contributed by atoms with Crippen molar-refractivity contribution < 1.29 is 0 Å². The SMILES string of the molecule is CCc1cc(N2CCC(N)C2)ncc1N. The van der Waals surface area contributed by atoms with Gasteiger partial charge in [-0.3, -0.25) is 0 Å². The van der Waals surface area contributed by atoms with Crippen molar-refractivity contribution in [3.05, 3.63) is 17.8 Å². The number of hydrogen-bond donors (Lipinski definition) is 2. The highest BCUT2D eigenvalue weighted by Crippen LogP contribution is 2.21. The number of hydrogen-bond acceptors (Lipinski definition) is 4. The maximum Gasteiger partial charge on any atom is 0.128 e. The molecule has 1 atom stereocenters. The minimum absolute atomic E-state index is 0.287. The first-order valence-electron chi connectivity index (χ1n) is 5.45. The van der Waals surface area contributed by atoms with Crippen LogP contribution in [0.25, 0.3) is 0 Å². The fraction of sp³-hybridized carbons (Fsp3) is 0.545. The lowest BCUT2D eigenvalue weighted by Gasteiger charge is -2.18. The van der Waals surface area contributed by atoms with E-state index in [1.54, 1.807) is 6.20 Å². The Morgan fingerprint density at radius 1 is 1.60 bits per heavy atom. The van der Waals surface area contributed by atoms with Gasteiger partial charge in [-0.1, -0.05) is 6.92 Å². The molecule has 1 aliphatic heterocycles. The number of nitrogens with two attached hydrogens (primary N) is 2. The second-order valence-electron chi connectivity index (χ2n) is 4.09. The predicted octanol–water partition coefficient (Wildman–Crippen LogP) is 0.764. The van der Waals surface area contributed by atoms with Crippen molar-refractivity contribution in [2.75, 3.05) is 23.7 Å². The average Bonchev–Trinajstić information content (AvgIpc) is 2.66. The number of pyridine rings is 1. The van der Waals surface area contributed by atoms with Gasteiger partial charge in [-0.25, -0.2) is 4.98 Å². The van der Waals surface area contributed by atoms with E-state index in [0.717, 1.165) is 37.4 Å². The standard InChI is InChI=1S/C11H18N4/c1-2-8-5-11(14-6-10(8)13)15-4-3-9(12)7-15/h5-6,9H,2-4,7,12-13H2,1H3. The molecule has 4 heteroatoms. The van der Waals surface area contributed by atoms with Gasteiger partial charge >= 0.3 is 0 Å². The second-order valence-corrected chi connectivity index (χ2v) is 4.09. The number of nitrogen functional groups attached to an aromatic ring is 1. The van der Waals surface area contributed by atoms with Crippen molar-refractivity contribution in [3.8, 4) is 0 Å². The molecule has 0 saturated carbocycles. The Kier molecular flexibility index (Phi) is 2.77. The zero-order chi connectivity index (χ0) is 10.8. The Morgan fingerprint density at radius 3 is 3.00 bits per heavy atom. The average molecular weight is 206 g/mol.